The van der Waals surface area contributed by atoms with Crippen LogP contribution in [0.5, 0.6) is 0 Å². The molecule has 0 unspecified atom stereocenters. The number of nitrogens with one attached hydrogen (secondary N) is 1. The molecule has 1 aromatic carbocycles. The second-order valence-corrected chi connectivity index (χ2v) is 6.22. The summed E-state index contributed by atoms with van der Waals surface area (Å²) in [7, 11) is 0. The second-order valence-electron chi connectivity index (χ2n) is 6.22. The van der Waals surface area contributed by atoms with Crippen molar-refractivity contribution in [1.82, 2.24) is 21.0 Å². The molecule has 0 radical (unpaired) electrons. The van der Waals surface area contributed by atoms with E-state index in [1.54, 1.807) is 25.4 Å². The van der Waals surface area contributed by atoms with Gasteiger partial charge in [-0.25, -0.2) is 14.4 Å². The van der Waals surface area contributed by atoms with Gasteiger partial charge >= 0.3 is 6.18 Å². The fourth-order valence-corrected chi connectivity index (χ4v) is 2.97. The van der Waals surface area contributed by atoms with Crippen molar-refractivity contribution in [3.05, 3.63) is 65.0 Å². The van der Waals surface area contributed by atoms with E-state index in [4.69, 9.17) is 5.73 Å². The third-order valence-corrected chi connectivity index (χ3v) is 4.49. The molecule has 0 fully saturated rings. The summed E-state index contributed by atoms with van der Waals surface area (Å²) in [5, 5.41) is 2.97. The van der Waals surface area contributed by atoms with Gasteiger partial charge in [-0.2, -0.15) is 13.2 Å². The normalized spacial score (nSPS) is 17.0. The van der Waals surface area contributed by atoms with Crippen LogP contribution < -0.4 is 17.2 Å². The summed E-state index contributed by atoms with van der Waals surface area (Å²) in [4.78, 5) is 22.0. The number of hydrogen-bond acceptors (Lipinski definition) is 6. The van der Waals surface area contributed by atoms with Crippen LogP contribution in [0.2, 0.25) is 0 Å². The van der Waals surface area contributed by atoms with E-state index in [1.165, 1.54) is 4.90 Å². The third kappa shape index (κ3) is 4.45. The summed E-state index contributed by atoms with van der Waals surface area (Å²) in [5.74, 6) is -2.11. The quantitative estimate of drug-likeness (QED) is 0.666. The molecule has 156 valence electrons. The van der Waals surface area contributed by atoms with Crippen LogP contribution in [0.15, 0.2) is 48.1 Å². The van der Waals surface area contributed by atoms with Crippen molar-refractivity contribution in [2.24, 2.45) is 5.73 Å². The average Bonchev–Trinajstić information content (AvgIpc) is 2.65. The summed E-state index contributed by atoms with van der Waals surface area (Å²) in [6.45, 7) is 1.76. The van der Waals surface area contributed by atoms with Crippen molar-refractivity contribution in [3.8, 4) is 0 Å². The maximum atomic E-state index is 14.3. The van der Waals surface area contributed by atoms with Crippen molar-refractivity contribution in [2.45, 2.75) is 25.6 Å². The zero-order chi connectivity index (χ0) is 20.5. The van der Waals surface area contributed by atoms with Crippen LogP contribution in [0.1, 0.15) is 29.3 Å². The van der Waals surface area contributed by atoms with Gasteiger partial charge in [0.15, 0.2) is 0 Å². The predicted molar refractivity (Wildman–Crippen MR) is 98.4 cm³/mol. The Bertz CT molecular complexity index is 916. The van der Waals surface area contributed by atoms with Crippen LogP contribution in [-0.4, -0.2) is 33.4 Å². The number of nitrogens with zero attached hydrogens (tertiary/aromatic N) is 3. The van der Waals surface area contributed by atoms with Crippen LogP contribution in [0.3, 0.4) is 0 Å². The van der Waals surface area contributed by atoms with E-state index in [9.17, 15) is 22.4 Å². The standard InChI is InChI=1S/C18H17F4N5O.H3N/c1-10-15(23)13(26-17-24-7-3-8-25-17)6-9-27(10)16(28)11-4-2-5-12(14(11)19)18(20,21)22;/h2-5,7-8,10H,6,9,23H2,1H3,(H,24,25,26);1H3/t10-;/m1./s1. The SMILES string of the molecule is C[C@@H]1C(N)=C(Nc2ncccn2)CCN1C(=O)c1cccc(C(F)(F)F)c1F.N. The number of carbonyl (C=O) groups is 1. The highest BCUT2D eigenvalue weighted by Gasteiger charge is 2.37. The van der Waals surface area contributed by atoms with Gasteiger partial charge in [0, 0.05) is 31.1 Å². The van der Waals surface area contributed by atoms with Crippen LogP contribution in [0, 0.1) is 5.82 Å². The Morgan fingerprint density at radius 1 is 1.24 bits per heavy atom. The molecule has 0 spiro atoms. The summed E-state index contributed by atoms with van der Waals surface area (Å²) in [5.41, 5.74) is 4.90. The summed E-state index contributed by atoms with van der Waals surface area (Å²) in [6, 6.07) is 3.64. The van der Waals surface area contributed by atoms with Crippen molar-refractivity contribution in [1.29, 1.82) is 0 Å². The molecule has 1 aromatic heterocycles. The lowest BCUT2D eigenvalue weighted by molar-refractivity contribution is -0.140. The van der Waals surface area contributed by atoms with E-state index in [-0.39, 0.29) is 12.7 Å². The molecule has 29 heavy (non-hydrogen) atoms. The number of rotatable bonds is 3. The average molecular weight is 412 g/mol. The molecule has 0 aliphatic carbocycles. The zero-order valence-corrected chi connectivity index (χ0v) is 15.5. The molecule has 2 aromatic rings. The Balaban J connectivity index is 0.00000300. The lowest BCUT2D eigenvalue weighted by Crippen LogP contribution is -2.46. The molecule has 1 atom stereocenters. The molecule has 0 bridgehead atoms. The highest BCUT2D eigenvalue weighted by atomic mass is 19.4. The second kappa shape index (κ2) is 8.43. The Morgan fingerprint density at radius 2 is 1.90 bits per heavy atom. The van der Waals surface area contributed by atoms with Crippen LogP contribution in [0.25, 0.3) is 0 Å². The number of aromatic nitrogens is 2. The lowest BCUT2D eigenvalue weighted by atomic mass is 10.0. The molecule has 7 nitrogen and oxygen atoms in total. The molecule has 1 amide bonds. The highest BCUT2D eigenvalue weighted by Crippen LogP contribution is 2.33. The fourth-order valence-electron chi connectivity index (χ4n) is 2.97. The molecule has 11 heteroatoms. The molecule has 0 saturated heterocycles. The van der Waals surface area contributed by atoms with Gasteiger partial charge in [0.2, 0.25) is 5.95 Å². The van der Waals surface area contributed by atoms with Gasteiger partial charge in [0.05, 0.1) is 22.9 Å². The lowest BCUT2D eigenvalue weighted by Gasteiger charge is -2.35. The number of alkyl halides is 3. The van der Waals surface area contributed by atoms with E-state index < -0.39 is 35.1 Å². The maximum Gasteiger partial charge on any atom is 0.419 e. The number of amides is 1. The van der Waals surface area contributed by atoms with Crippen LogP contribution in [0.4, 0.5) is 23.5 Å². The van der Waals surface area contributed by atoms with E-state index in [2.05, 4.69) is 15.3 Å². The van der Waals surface area contributed by atoms with Gasteiger partial charge in [-0.15, -0.1) is 0 Å². The summed E-state index contributed by atoms with van der Waals surface area (Å²) < 4.78 is 53.1. The fraction of sp³-hybridized carbons (Fsp3) is 0.278. The van der Waals surface area contributed by atoms with Crippen molar-refractivity contribution >= 4 is 11.9 Å². The minimum Gasteiger partial charge on any atom is -0.399 e. The van der Waals surface area contributed by atoms with E-state index >= 15 is 0 Å². The predicted octanol–water partition coefficient (Wildman–Crippen LogP) is 3.31. The smallest absolute Gasteiger partial charge is 0.399 e. The Hall–Kier alpha value is -3.21. The monoisotopic (exact) mass is 412 g/mol. The van der Waals surface area contributed by atoms with Gasteiger partial charge < -0.3 is 22.1 Å². The number of nitrogens with two attached hydrogens (primary N) is 1. The molecule has 1 aliphatic rings. The van der Waals surface area contributed by atoms with E-state index in [0.717, 1.165) is 12.1 Å². The molecule has 1 aliphatic heterocycles. The van der Waals surface area contributed by atoms with Crippen molar-refractivity contribution in [2.75, 3.05) is 11.9 Å². The first-order chi connectivity index (χ1) is 13.2. The van der Waals surface area contributed by atoms with Gasteiger partial charge in [-0.1, -0.05) is 6.07 Å². The third-order valence-electron chi connectivity index (χ3n) is 4.49. The van der Waals surface area contributed by atoms with Gasteiger partial charge in [0.25, 0.3) is 5.91 Å². The zero-order valence-electron chi connectivity index (χ0n) is 15.5. The first-order valence-electron chi connectivity index (χ1n) is 8.39. The highest BCUT2D eigenvalue weighted by molar-refractivity contribution is 5.95. The number of benzene rings is 1. The largest absolute Gasteiger partial charge is 0.419 e. The molecule has 0 saturated carbocycles. The number of carbonyl (C=O) groups excluding carboxylic acids is 1. The number of halogens is 4. The number of hydrogen-bond donors (Lipinski definition) is 3. The molecular weight excluding hydrogens is 392 g/mol. The van der Waals surface area contributed by atoms with Crippen molar-refractivity contribution in [3.63, 3.8) is 0 Å². The molecule has 2 heterocycles. The van der Waals surface area contributed by atoms with E-state index in [0.29, 0.717) is 29.8 Å². The number of anilines is 1. The summed E-state index contributed by atoms with van der Waals surface area (Å²) in [6.07, 6.45) is -1.50. The van der Waals surface area contributed by atoms with Gasteiger partial charge in [-0.3, -0.25) is 4.79 Å². The van der Waals surface area contributed by atoms with E-state index in [1.807, 2.05) is 0 Å². The first-order valence-corrected chi connectivity index (χ1v) is 8.39. The maximum absolute atomic E-state index is 14.3. The minimum absolute atomic E-state index is 0. The molecule has 3 rings (SSSR count). The van der Waals surface area contributed by atoms with Crippen molar-refractivity contribution < 1.29 is 22.4 Å². The topological polar surface area (TPSA) is 119 Å². The summed E-state index contributed by atoms with van der Waals surface area (Å²) >= 11 is 0. The van der Waals surface area contributed by atoms with Gasteiger partial charge in [-0.05, 0) is 25.1 Å². The van der Waals surface area contributed by atoms with Crippen LogP contribution >= 0.6 is 0 Å². The molecular formula is C18H20F4N6O. The Labute approximate surface area is 164 Å². The first kappa shape index (κ1) is 22.1. The minimum atomic E-state index is -4.89. The van der Waals surface area contributed by atoms with Gasteiger partial charge in [0.1, 0.15) is 5.82 Å². The Morgan fingerprint density at radius 3 is 2.52 bits per heavy atom. The molecule has 6 N–H and O–H groups in total. The van der Waals surface area contributed by atoms with Crippen LogP contribution in [-0.2, 0) is 6.18 Å². The Kier molecular flexibility index (Phi) is 6.42.